The summed E-state index contributed by atoms with van der Waals surface area (Å²) in [5, 5.41) is 9.80. The van der Waals surface area contributed by atoms with Crippen molar-refractivity contribution in [3.8, 4) is 0 Å². The predicted octanol–water partition coefficient (Wildman–Crippen LogP) is 10.5. The fourth-order valence-electron chi connectivity index (χ4n) is 6.03. The molecule has 0 aliphatic carbocycles. The van der Waals surface area contributed by atoms with Crippen molar-refractivity contribution in [1.29, 1.82) is 0 Å². The maximum absolute atomic E-state index is 5.16. The molecule has 2 heteroatoms. The summed E-state index contributed by atoms with van der Waals surface area (Å²) >= 11 is 0. The van der Waals surface area contributed by atoms with Crippen LogP contribution in [0.4, 0.5) is 0 Å². The molecule has 0 N–H and O–H groups in total. The Bertz CT molecular complexity index is 2220. The largest absolute Gasteiger partial charge is 0.233 e. The third-order valence-corrected chi connectivity index (χ3v) is 8.04. The summed E-state index contributed by atoms with van der Waals surface area (Å²) in [6.45, 7) is 8.66. The van der Waals surface area contributed by atoms with Crippen LogP contribution >= 0.6 is 0 Å². The molecule has 7 rings (SSSR count). The monoisotopic (exact) mass is 538 g/mol. The van der Waals surface area contributed by atoms with Gasteiger partial charge in [-0.2, -0.15) is 0 Å². The first-order chi connectivity index (χ1) is 20.6. The van der Waals surface area contributed by atoms with Crippen LogP contribution in [0, 0.1) is 6.92 Å². The highest BCUT2D eigenvalue weighted by molar-refractivity contribution is 6.32. The Kier molecular flexibility index (Phi) is 6.45. The molecule has 0 saturated heterocycles. The van der Waals surface area contributed by atoms with Crippen molar-refractivity contribution in [3.63, 3.8) is 0 Å². The lowest BCUT2D eigenvalue weighted by molar-refractivity contribution is 1.41. The van der Waals surface area contributed by atoms with Crippen molar-refractivity contribution < 1.29 is 0 Å². The lowest BCUT2D eigenvalue weighted by Crippen LogP contribution is -2.04. The van der Waals surface area contributed by atoms with Crippen LogP contribution in [0.1, 0.15) is 29.2 Å². The number of aryl methyl sites for hydroxylation is 1. The molecule has 0 saturated carbocycles. The summed E-state index contributed by atoms with van der Waals surface area (Å²) in [5.41, 5.74) is 5.80. The predicted molar refractivity (Wildman–Crippen MR) is 182 cm³/mol. The van der Waals surface area contributed by atoms with Crippen molar-refractivity contribution in [2.24, 2.45) is 9.98 Å². The van der Waals surface area contributed by atoms with Crippen molar-refractivity contribution in [2.75, 3.05) is 0 Å². The summed E-state index contributed by atoms with van der Waals surface area (Å²) in [5.74, 6) is 0.651. The van der Waals surface area contributed by atoms with Crippen LogP contribution in [0.15, 0.2) is 150 Å². The highest BCUT2D eigenvalue weighted by Gasteiger charge is 2.16. The van der Waals surface area contributed by atoms with Gasteiger partial charge in [0.05, 0.1) is 5.70 Å². The summed E-state index contributed by atoms with van der Waals surface area (Å²) in [7, 11) is 0. The molecule has 200 valence electrons. The first-order valence-electron chi connectivity index (χ1n) is 14.3. The van der Waals surface area contributed by atoms with E-state index in [1.807, 2.05) is 25.1 Å². The molecular formula is C40H30N2. The van der Waals surface area contributed by atoms with Crippen LogP contribution in [0.25, 0.3) is 48.8 Å². The van der Waals surface area contributed by atoms with E-state index in [1.165, 1.54) is 37.7 Å². The van der Waals surface area contributed by atoms with Gasteiger partial charge < -0.3 is 0 Å². The minimum absolute atomic E-state index is 0.651. The lowest BCUT2D eigenvalue weighted by Gasteiger charge is -2.16. The van der Waals surface area contributed by atoms with Crippen LogP contribution in [0.3, 0.4) is 0 Å². The Morgan fingerprint density at radius 1 is 0.500 bits per heavy atom. The molecule has 0 unspecified atom stereocenters. The minimum Gasteiger partial charge on any atom is -0.233 e. The summed E-state index contributed by atoms with van der Waals surface area (Å²) in [6.07, 6.45) is 0. The van der Waals surface area contributed by atoms with Crippen molar-refractivity contribution in [3.05, 3.63) is 162 Å². The first kappa shape index (κ1) is 25.6. The molecule has 0 amide bonds. The fraction of sp³-hybridized carbons (Fsp3) is 0.0500. The first-order valence-corrected chi connectivity index (χ1v) is 14.3. The molecule has 0 fully saturated rings. The number of fused-ring (bicyclic) bond motifs is 8. The average molecular weight is 539 g/mol. The molecule has 2 nitrogen and oxygen atoms in total. The minimum atomic E-state index is 0.651. The second-order valence-corrected chi connectivity index (χ2v) is 10.8. The Morgan fingerprint density at radius 3 is 1.69 bits per heavy atom. The van der Waals surface area contributed by atoms with E-state index in [0.717, 1.165) is 33.4 Å². The fourth-order valence-corrected chi connectivity index (χ4v) is 6.03. The maximum atomic E-state index is 5.16. The Morgan fingerprint density at radius 2 is 1.02 bits per heavy atom. The molecule has 0 heterocycles. The Labute approximate surface area is 246 Å². The number of hydrogen-bond acceptors (Lipinski definition) is 1. The van der Waals surface area contributed by atoms with Gasteiger partial charge in [-0.15, -0.1) is 0 Å². The molecule has 7 aromatic carbocycles. The second-order valence-electron chi connectivity index (χ2n) is 10.8. The van der Waals surface area contributed by atoms with E-state index in [9.17, 15) is 0 Å². The molecule has 0 atom stereocenters. The molecule has 0 spiro atoms. The number of amidine groups is 1. The Balaban J connectivity index is 1.50. The Hall–Kier alpha value is -5.34. The van der Waals surface area contributed by atoms with Crippen molar-refractivity contribution in [1.82, 2.24) is 0 Å². The highest BCUT2D eigenvalue weighted by Crippen LogP contribution is 2.41. The second kappa shape index (κ2) is 10.6. The van der Waals surface area contributed by atoms with E-state index in [0.29, 0.717) is 11.5 Å². The third-order valence-electron chi connectivity index (χ3n) is 8.04. The molecule has 42 heavy (non-hydrogen) atoms. The summed E-state index contributed by atoms with van der Waals surface area (Å²) in [6, 6.07) is 46.9. The van der Waals surface area contributed by atoms with E-state index in [-0.39, 0.29) is 0 Å². The third kappa shape index (κ3) is 4.48. The zero-order valence-electron chi connectivity index (χ0n) is 23.8. The van der Waals surface area contributed by atoms with Crippen LogP contribution in [0.5, 0.6) is 0 Å². The van der Waals surface area contributed by atoms with E-state index in [2.05, 4.69) is 129 Å². The molecular weight excluding hydrogens is 508 g/mol. The van der Waals surface area contributed by atoms with E-state index >= 15 is 0 Å². The standard InChI is InChI=1S/C40H30N2/c1-26-14-13-17-30(24-26)40(41-27(2)29-15-5-4-6-16-29)42-28(3)37-25-38-33-20-8-7-18-31(33)32-19-9-11-22-35(32)39(38)36-23-12-10-21-34(36)37/h4-25H,3H2,1-2H3. The summed E-state index contributed by atoms with van der Waals surface area (Å²) in [4.78, 5) is 10.2. The van der Waals surface area contributed by atoms with Crippen LogP contribution < -0.4 is 0 Å². The normalized spacial score (nSPS) is 12.4. The van der Waals surface area contributed by atoms with E-state index in [4.69, 9.17) is 9.98 Å². The molecule has 0 aromatic heterocycles. The summed E-state index contributed by atoms with van der Waals surface area (Å²) < 4.78 is 0. The highest BCUT2D eigenvalue weighted by atomic mass is 14.9. The van der Waals surface area contributed by atoms with Gasteiger partial charge in [0.15, 0.2) is 5.84 Å². The van der Waals surface area contributed by atoms with Gasteiger partial charge in [-0.1, -0.05) is 133 Å². The molecule has 0 bridgehead atoms. The molecule has 0 radical (unpaired) electrons. The lowest BCUT2D eigenvalue weighted by atomic mass is 9.88. The van der Waals surface area contributed by atoms with Crippen LogP contribution in [-0.2, 0) is 0 Å². The number of benzene rings is 7. The van der Waals surface area contributed by atoms with Crippen molar-refractivity contribution in [2.45, 2.75) is 13.8 Å². The van der Waals surface area contributed by atoms with Gasteiger partial charge in [-0.05, 0) is 74.6 Å². The van der Waals surface area contributed by atoms with Crippen LogP contribution in [0.2, 0.25) is 0 Å². The number of aliphatic imine (C=N–C) groups is 2. The van der Waals surface area contributed by atoms with E-state index in [1.54, 1.807) is 0 Å². The number of nitrogens with zero attached hydrogens (tertiary/aromatic N) is 2. The molecule has 7 aromatic rings. The molecule has 0 aliphatic heterocycles. The maximum Gasteiger partial charge on any atom is 0.160 e. The van der Waals surface area contributed by atoms with Crippen molar-refractivity contribution >= 4 is 60.3 Å². The van der Waals surface area contributed by atoms with E-state index < -0.39 is 0 Å². The number of hydrogen-bond donors (Lipinski definition) is 0. The van der Waals surface area contributed by atoms with Gasteiger partial charge in [-0.3, -0.25) is 0 Å². The van der Waals surface area contributed by atoms with Gasteiger partial charge in [0.25, 0.3) is 0 Å². The zero-order valence-corrected chi connectivity index (χ0v) is 23.8. The van der Waals surface area contributed by atoms with Gasteiger partial charge in [0, 0.05) is 16.8 Å². The average Bonchev–Trinajstić information content (AvgIpc) is 3.04. The number of rotatable bonds is 4. The smallest absolute Gasteiger partial charge is 0.160 e. The van der Waals surface area contributed by atoms with Crippen LogP contribution in [-0.4, -0.2) is 11.5 Å². The zero-order chi connectivity index (χ0) is 28.6. The topological polar surface area (TPSA) is 24.7 Å². The quantitative estimate of drug-likeness (QED) is 0.121. The van der Waals surface area contributed by atoms with Gasteiger partial charge >= 0.3 is 0 Å². The van der Waals surface area contributed by atoms with Gasteiger partial charge in [0.2, 0.25) is 0 Å². The van der Waals surface area contributed by atoms with Gasteiger partial charge in [0.1, 0.15) is 0 Å². The SMILES string of the molecule is C=C(N=C(N=C(C)c1ccccc1)c1cccc(C)c1)c1cc2c3ccccc3c3ccccc3c2c2ccccc12. The van der Waals surface area contributed by atoms with Gasteiger partial charge in [-0.25, -0.2) is 9.98 Å². The molecule has 0 aliphatic rings.